The predicted molar refractivity (Wildman–Crippen MR) is 74.9 cm³/mol. The van der Waals surface area contributed by atoms with Crippen LogP contribution in [0, 0.1) is 0 Å². The Hall–Kier alpha value is -1.06. The van der Waals surface area contributed by atoms with Crippen LogP contribution >= 0.6 is 0 Å². The number of hydrogen-bond acceptors (Lipinski definition) is 3. The summed E-state index contributed by atoms with van der Waals surface area (Å²) in [6.45, 7) is 7.47. The molecule has 0 saturated heterocycles. The summed E-state index contributed by atoms with van der Waals surface area (Å²) in [4.78, 5) is 0. The lowest BCUT2D eigenvalue weighted by molar-refractivity contribution is 0.0503. The van der Waals surface area contributed by atoms with Crippen LogP contribution < -0.4 is 10.5 Å². The van der Waals surface area contributed by atoms with Gasteiger partial charge in [-0.3, -0.25) is 0 Å². The van der Waals surface area contributed by atoms with Gasteiger partial charge in [-0.15, -0.1) is 0 Å². The first-order valence-corrected chi connectivity index (χ1v) is 6.77. The highest BCUT2D eigenvalue weighted by Gasteiger charge is 2.08. The van der Waals surface area contributed by atoms with Gasteiger partial charge in [0.25, 0.3) is 0 Å². The van der Waals surface area contributed by atoms with Crippen molar-refractivity contribution < 1.29 is 9.47 Å². The monoisotopic (exact) mass is 251 g/mol. The third-order valence-corrected chi connectivity index (χ3v) is 2.87. The molecule has 0 fully saturated rings. The molecule has 2 atom stereocenters. The van der Waals surface area contributed by atoms with E-state index in [-0.39, 0.29) is 12.1 Å². The molecule has 2 N–H and O–H groups in total. The normalized spacial score (nSPS) is 14.2. The SMILES string of the molecule is CCCC(C)OCC(N)c1ccc(OCC)cc1. The van der Waals surface area contributed by atoms with Crippen molar-refractivity contribution in [3.05, 3.63) is 29.8 Å². The molecule has 2 unspecified atom stereocenters. The second-order valence-electron chi connectivity index (χ2n) is 4.54. The van der Waals surface area contributed by atoms with E-state index in [1.54, 1.807) is 0 Å². The van der Waals surface area contributed by atoms with Gasteiger partial charge >= 0.3 is 0 Å². The Balaban J connectivity index is 2.43. The number of nitrogens with two attached hydrogens (primary N) is 1. The first kappa shape index (κ1) is 15.0. The zero-order valence-electron chi connectivity index (χ0n) is 11.7. The fourth-order valence-corrected chi connectivity index (χ4v) is 1.83. The topological polar surface area (TPSA) is 44.5 Å². The second-order valence-corrected chi connectivity index (χ2v) is 4.54. The molecule has 3 heteroatoms. The number of hydrogen-bond donors (Lipinski definition) is 1. The average molecular weight is 251 g/mol. The molecule has 0 aliphatic heterocycles. The molecule has 1 rings (SSSR count). The minimum Gasteiger partial charge on any atom is -0.494 e. The lowest BCUT2D eigenvalue weighted by atomic mass is 10.1. The van der Waals surface area contributed by atoms with Crippen LogP contribution in [0.1, 0.15) is 45.2 Å². The van der Waals surface area contributed by atoms with Crippen molar-refractivity contribution in [3.8, 4) is 5.75 Å². The highest BCUT2D eigenvalue weighted by molar-refractivity contribution is 5.29. The van der Waals surface area contributed by atoms with Gasteiger partial charge in [0.2, 0.25) is 0 Å². The zero-order valence-corrected chi connectivity index (χ0v) is 11.7. The number of rotatable bonds is 8. The van der Waals surface area contributed by atoms with Crippen LogP contribution in [0.4, 0.5) is 0 Å². The highest BCUT2D eigenvalue weighted by atomic mass is 16.5. The molecule has 1 aromatic carbocycles. The predicted octanol–water partition coefficient (Wildman–Crippen LogP) is 3.29. The summed E-state index contributed by atoms with van der Waals surface area (Å²) >= 11 is 0. The molecule has 0 saturated carbocycles. The van der Waals surface area contributed by atoms with Crippen LogP contribution in [-0.2, 0) is 4.74 Å². The van der Waals surface area contributed by atoms with E-state index in [9.17, 15) is 0 Å². The molecule has 0 amide bonds. The van der Waals surface area contributed by atoms with E-state index in [1.807, 2.05) is 31.2 Å². The fourth-order valence-electron chi connectivity index (χ4n) is 1.83. The van der Waals surface area contributed by atoms with E-state index >= 15 is 0 Å². The van der Waals surface area contributed by atoms with Gasteiger partial charge in [0.1, 0.15) is 5.75 Å². The van der Waals surface area contributed by atoms with Crippen LogP contribution in [0.25, 0.3) is 0 Å². The summed E-state index contributed by atoms with van der Waals surface area (Å²) < 4.78 is 11.1. The van der Waals surface area contributed by atoms with Gasteiger partial charge in [0.05, 0.1) is 25.4 Å². The van der Waals surface area contributed by atoms with Gasteiger partial charge in [0.15, 0.2) is 0 Å². The summed E-state index contributed by atoms with van der Waals surface area (Å²) in [6.07, 6.45) is 2.50. The van der Waals surface area contributed by atoms with Crippen molar-refractivity contribution in [2.45, 2.75) is 45.8 Å². The maximum Gasteiger partial charge on any atom is 0.119 e. The van der Waals surface area contributed by atoms with Gasteiger partial charge in [-0.25, -0.2) is 0 Å². The smallest absolute Gasteiger partial charge is 0.119 e. The van der Waals surface area contributed by atoms with E-state index < -0.39 is 0 Å². The molecule has 1 aromatic rings. The van der Waals surface area contributed by atoms with Crippen LogP contribution in [-0.4, -0.2) is 19.3 Å². The van der Waals surface area contributed by atoms with Crippen LogP contribution in [0.5, 0.6) is 5.75 Å². The van der Waals surface area contributed by atoms with Crippen LogP contribution in [0.2, 0.25) is 0 Å². The molecule has 0 heterocycles. The lowest BCUT2D eigenvalue weighted by Crippen LogP contribution is -2.20. The highest BCUT2D eigenvalue weighted by Crippen LogP contribution is 2.17. The molecule has 0 spiro atoms. The van der Waals surface area contributed by atoms with Crippen molar-refractivity contribution in [2.75, 3.05) is 13.2 Å². The summed E-state index contributed by atoms with van der Waals surface area (Å²) in [5.41, 5.74) is 7.18. The van der Waals surface area contributed by atoms with Gasteiger partial charge in [0, 0.05) is 0 Å². The summed E-state index contributed by atoms with van der Waals surface area (Å²) in [7, 11) is 0. The molecule has 0 aromatic heterocycles. The van der Waals surface area contributed by atoms with Crippen molar-refractivity contribution in [1.29, 1.82) is 0 Å². The Morgan fingerprint density at radius 2 is 1.83 bits per heavy atom. The largest absolute Gasteiger partial charge is 0.494 e. The van der Waals surface area contributed by atoms with Gasteiger partial charge < -0.3 is 15.2 Å². The van der Waals surface area contributed by atoms with E-state index in [2.05, 4.69) is 13.8 Å². The van der Waals surface area contributed by atoms with Crippen molar-refractivity contribution >= 4 is 0 Å². The minimum atomic E-state index is -0.0695. The second kappa shape index (κ2) is 8.11. The molecular formula is C15H25NO2. The van der Waals surface area contributed by atoms with Crippen molar-refractivity contribution in [2.24, 2.45) is 5.73 Å². The van der Waals surface area contributed by atoms with Crippen molar-refractivity contribution in [3.63, 3.8) is 0 Å². The molecule has 102 valence electrons. The van der Waals surface area contributed by atoms with E-state index in [0.717, 1.165) is 24.2 Å². The average Bonchev–Trinajstić information content (AvgIpc) is 2.37. The molecular weight excluding hydrogens is 226 g/mol. The quantitative estimate of drug-likeness (QED) is 0.771. The third kappa shape index (κ3) is 5.07. The van der Waals surface area contributed by atoms with Crippen molar-refractivity contribution in [1.82, 2.24) is 0 Å². The minimum absolute atomic E-state index is 0.0695. The van der Waals surface area contributed by atoms with E-state index in [4.69, 9.17) is 15.2 Å². The molecule has 18 heavy (non-hydrogen) atoms. The van der Waals surface area contributed by atoms with Gasteiger partial charge in [-0.2, -0.15) is 0 Å². The van der Waals surface area contributed by atoms with Gasteiger partial charge in [-0.05, 0) is 38.0 Å². The standard InChI is InChI=1S/C15H25NO2/c1-4-6-12(3)18-11-15(16)13-7-9-14(10-8-13)17-5-2/h7-10,12,15H,4-6,11,16H2,1-3H3. The first-order valence-electron chi connectivity index (χ1n) is 6.77. The van der Waals surface area contributed by atoms with Crippen LogP contribution in [0.3, 0.4) is 0 Å². The Bertz CT molecular complexity index is 324. The number of ether oxygens (including phenoxy) is 2. The molecule has 0 radical (unpaired) electrons. The Labute approximate surface area is 110 Å². The fraction of sp³-hybridized carbons (Fsp3) is 0.600. The van der Waals surface area contributed by atoms with Gasteiger partial charge in [-0.1, -0.05) is 25.5 Å². The third-order valence-electron chi connectivity index (χ3n) is 2.87. The van der Waals surface area contributed by atoms with E-state index in [0.29, 0.717) is 13.2 Å². The molecule has 3 nitrogen and oxygen atoms in total. The molecule has 0 bridgehead atoms. The Kier molecular flexibility index (Phi) is 6.76. The first-order chi connectivity index (χ1) is 8.67. The lowest BCUT2D eigenvalue weighted by Gasteiger charge is -2.17. The van der Waals surface area contributed by atoms with E-state index in [1.165, 1.54) is 0 Å². The summed E-state index contributed by atoms with van der Waals surface area (Å²) in [6, 6.07) is 7.84. The summed E-state index contributed by atoms with van der Waals surface area (Å²) in [5, 5.41) is 0. The number of benzene rings is 1. The Morgan fingerprint density at radius 3 is 2.39 bits per heavy atom. The Morgan fingerprint density at radius 1 is 1.17 bits per heavy atom. The zero-order chi connectivity index (χ0) is 13.4. The summed E-state index contributed by atoms with van der Waals surface area (Å²) in [5.74, 6) is 0.883. The van der Waals surface area contributed by atoms with Crippen LogP contribution in [0.15, 0.2) is 24.3 Å². The molecule has 0 aliphatic carbocycles. The molecule has 0 aliphatic rings. The maximum absolute atomic E-state index is 6.10. The maximum atomic E-state index is 6.10.